The molecule has 0 saturated heterocycles. The Morgan fingerprint density at radius 1 is 0.963 bits per heavy atom. The molecule has 1 aromatic heterocycles. The lowest BCUT2D eigenvalue weighted by Crippen LogP contribution is -2.27. The Morgan fingerprint density at radius 3 is 2.63 bits per heavy atom. The molecule has 27 heavy (non-hydrogen) atoms. The van der Waals surface area contributed by atoms with Crippen LogP contribution in [0.15, 0.2) is 71.3 Å². The molecule has 4 rings (SSSR count). The molecule has 3 aromatic rings. The lowest BCUT2D eigenvalue weighted by molar-refractivity contribution is -0.121. The van der Waals surface area contributed by atoms with Crippen molar-refractivity contribution in [1.29, 1.82) is 0 Å². The van der Waals surface area contributed by atoms with E-state index in [1.54, 1.807) is 6.26 Å². The van der Waals surface area contributed by atoms with Crippen LogP contribution >= 0.6 is 0 Å². The minimum atomic E-state index is -0.0516. The summed E-state index contributed by atoms with van der Waals surface area (Å²) in [6, 6.07) is 19.7. The fraction of sp³-hybridized carbons (Fsp3) is 0.227. The molecule has 0 bridgehead atoms. The van der Waals surface area contributed by atoms with E-state index in [4.69, 9.17) is 13.9 Å². The zero-order valence-electron chi connectivity index (χ0n) is 14.9. The Hall–Kier alpha value is -3.21. The van der Waals surface area contributed by atoms with Gasteiger partial charge in [-0.15, -0.1) is 0 Å². The van der Waals surface area contributed by atoms with Crippen molar-refractivity contribution in [3.05, 3.63) is 83.8 Å². The maximum absolute atomic E-state index is 12.6. The van der Waals surface area contributed by atoms with Crippen LogP contribution in [0.2, 0.25) is 0 Å². The van der Waals surface area contributed by atoms with Crippen molar-refractivity contribution in [2.24, 2.45) is 0 Å². The van der Waals surface area contributed by atoms with Gasteiger partial charge in [0.2, 0.25) is 12.7 Å². The third kappa shape index (κ3) is 4.14. The van der Waals surface area contributed by atoms with Gasteiger partial charge in [0.15, 0.2) is 11.5 Å². The van der Waals surface area contributed by atoms with E-state index in [1.807, 2.05) is 60.7 Å². The number of carbonyl (C=O) groups is 1. The van der Waals surface area contributed by atoms with Gasteiger partial charge >= 0.3 is 0 Å². The molecule has 0 radical (unpaired) electrons. The number of furan rings is 1. The monoisotopic (exact) mass is 363 g/mol. The SMILES string of the molecule is O=C(C[C@@H](c1ccccc1)c1ccc2c(c1)OCO2)NCCc1ccco1. The highest BCUT2D eigenvalue weighted by Crippen LogP contribution is 2.37. The van der Waals surface area contributed by atoms with Gasteiger partial charge in [-0.05, 0) is 35.4 Å². The van der Waals surface area contributed by atoms with Gasteiger partial charge in [0.25, 0.3) is 0 Å². The molecule has 0 fully saturated rings. The first-order valence-corrected chi connectivity index (χ1v) is 9.03. The third-order valence-electron chi connectivity index (χ3n) is 4.66. The lowest BCUT2D eigenvalue weighted by atomic mass is 9.88. The van der Waals surface area contributed by atoms with Crippen LogP contribution in [-0.4, -0.2) is 19.2 Å². The average molecular weight is 363 g/mol. The van der Waals surface area contributed by atoms with Crippen molar-refractivity contribution in [1.82, 2.24) is 5.32 Å². The molecular weight excluding hydrogens is 342 g/mol. The van der Waals surface area contributed by atoms with Gasteiger partial charge in [-0.2, -0.15) is 0 Å². The van der Waals surface area contributed by atoms with E-state index in [-0.39, 0.29) is 18.6 Å². The summed E-state index contributed by atoms with van der Waals surface area (Å²) in [4.78, 5) is 12.6. The van der Waals surface area contributed by atoms with Gasteiger partial charge in [0, 0.05) is 25.3 Å². The number of hydrogen-bond acceptors (Lipinski definition) is 4. The van der Waals surface area contributed by atoms with Crippen LogP contribution < -0.4 is 14.8 Å². The van der Waals surface area contributed by atoms with Gasteiger partial charge in [0.1, 0.15) is 5.76 Å². The van der Waals surface area contributed by atoms with E-state index in [0.29, 0.717) is 19.4 Å². The summed E-state index contributed by atoms with van der Waals surface area (Å²) in [6.07, 6.45) is 2.68. The molecule has 1 aliphatic rings. The van der Waals surface area contributed by atoms with E-state index in [0.717, 1.165) is 28.4 Å². The first-order valence-electron chi connectivity index (χ1n) is 9.03. The topological polar surface area (TPSA) is 60.7 Å². The predicted molar refractivity (Wildman–Crippen MR) is 101 cm³/mol. The van der Waals surface area contributed by atoms with Crippen LogP contribution in [-0.2, 0) is 11.2 Å². The summed E-state index contributed by atoms with van der Waals surface area (Å²) in [6.45, 7) is 0.789. The quantitative estimate of drug-likeness (QED) is 0.692. The molecule has 0 saturated carbocycles. The molecule has 5 nitrogen and oxygen atoms in total. The molecule has 0 unspecified atom stereocenters. The standard InChI is InChI=1S/C22H21NO4/c24-22(23-11-10-18-7-4-12-25-18)14-19(16-5-2-1-3-6-16)17-8-9-20-21(13-17)27-15-26-20/h1-9,12-13,19H,10-11,14-15H2,(H,23,24)/t19-/m0/s1. The smallest absolute Gasteiger partial charge is 0.231 e. The van der Waals surface area contributed by atoms with Gasteiger partial charge in [0.05, 0.1) is 6.26 Å². The average Bonchev–Trinajstić information content (AvgIpc) is 3.38. The number of ether oxygens (including phenoxy) is 2. The lowest BCUT2D eigenvalue weighted by Gasteiger charge is -2.18. The highest BCUT2D eigenvalue weighted by atomic mass is 16.7. The minimum absolute atomic E-state index is 0.00748. The number of rotatable bonds is 7. The zero-order chi connectivity index (χ0) is 18.5. The molecule has 2 heterocycles. The first kappa shape index (κ1) is 17.2. The highest BCUT2D eigenvalue weighted by molar-refractivity contribution is 5.77. The number of nitrogens with one attached hydrogen (secondary N) is 1. The molecule has 138 valence electrons. The van der Waals surface area contributed by atoms with Gasteiger partial charge < -0.3 is 19.2 Å². The summed E-state index contributed by atoms with van der Waals surface area (Å²) >= 11 is 0. The normalized spacial score (nSPS) is 13.3. The van der Waals surface area contributed by atoms with Gasteiger partial charge in [-0.3, -0.25) is 4.79 Å². The van der Waals surface area contributed by atoms with E-state index in [9.17, 15) is 4.79 Å². The number of benzene rings is 2. The molecule has 0 spiro atoms. The fourth-order valence-electron chi connectivity index (χ4n) is 3.28. The predicted octanol–water partition coefficient (Wildman–Crippen LogP) is 3.89. The molecule has 1 amide bonds. The number of fused-ring (bicyclic) bond motifs is 1. The van der Waals surface area contributed by atoms with E-state index < -0.39 is 0 Å². The van der Waals surface area contributed by atoms with E-state index >= 15 is 0 Å². The second-order valence-corrected chi connectivity index (χ2v) is 6.46. The van der Waals surface area contributed by atoms with Gasteiger partial charge in [-0.25, -0.2) is 0 Å². The Morgan fingerprint density at radius 2 is 1.81 bits per heavy atom. The summed E-state index contributed by atoms with van der Waals surface area (Å²) in [5, 5.41) is 2.99. The summed E-state index contributed by atoms with van der Waals surface area (Å²) < 4.78 is 16.2. The maximum Gasteiger partial charge on any atom is 0.231 e. The van der Waals surface area contributed by atoms with Crippen LogP contribution in [0.1, 0.15) is 29.2 Å². The maximum atomic E-state index is 12.6. The second-order valence-electron chi connectivity index (χ2n) is 6.46. The molecule has 1 aliphatic heterocycles. The van der Waals surface area contributed by atoms with Crippen molar-refractivity contribution >= 4 is 5.91 Å². The van der Waals surface area contributed by atoms with Crippen LogP contribution in [0, 0.1) is 0 Å². The van der Waals surface area contributed by atoms with Crippen molar-refractivity contribution < 1.29 is 18.7 Å². The molecule has 1 N–H and O–H groups in total. The number of hydrogen-bond donors (Lipinski definition) is 1. The van der Waals surface area contributed by atoms with Crippen LogP contribution in [0.4, 0.5) is 0 Å². The first-order chi connectivity index (χ1) is 13.3. The van der Waals surface area contributed by atoms with Crippen LogP contribution in [0.25, 0.3) is 0 Å². The highest BCUT2D eigenvalue weighted by Gasteiger charge is 2.21. The van der Waals surface area contributed by atoms with E-state index in [1.165, 1.54) is 0 Å². The minimum Gasteiger partial charge on any atom is -0.469 e. The third-order valence-corrected chi connectivity index (χ3v) is 4.66. The van der Waals surface area contributed by atoms with Crippen molar-refractivity contribution in [2.75, 3.05) is 13.3 Å². The van der Waals surface area contributed by atoms with Crippen LogP contribution in [0.3, 0.4) is 0 Å². The summed E-state index contributed by atoms with van der Waals surface area (Å²) in [7, 11) is 0. The second kappa shape index (κ2) is 7.99. The number of carbonyl (C=O) groups excluding carboxylic acids is 1. The fourth-order valence-corrected chi connectivity index (χ4v) is 3.28. The Labute approximate surface area is 157 Å². The van der Waals surface area contributed by atoms with Crippen molar-refractivity contribution in [2.45, 2.75) is 18.8 Å². The zero-order valence-corrected chi connectivity index (χ0v) is 14.9. The Kier molecular flexibility index (Phi) is 5.10. The van der Waals surface area contributed by atoms with E-state index in [2.05, 4.69) is 5.32 Å². The number of amides is 1. The Bertz CT molecular complexity index is 890. The molecule has 1 atom stereocenters. The Balaban J connectivity index is 1.47. The van der Waals surface area contributed by atoms with Crippen molar-refractivity contribution in [3.8, 4) is 11.5 Å². The summed E-state index contributed by atoms with van der Waals surface area (Å²) in [5.74, 6) is 2.29. The molecule has 5 heteroatoms. The summed E-state index contributed by atoms with van der Waals surface area (Å²) in [5.41, 5.74) is 2.13. The largest absolute Gasteiger partial charge is 0.469 e. The van der Waals surface area contributed by atoms with Crippen molar-refractivity contribution in [3.63, 3.8) is 0 Å². The molecular formula is C22H21NO4. The van der Waals surface area contributed by atoms with Crippen LogP contribution in [0.5, 0.6) is 11.5 Å². The van der Waals surface area contributed by atoms with Gasteiger partial charge in [-0.1, -0.05) is 36.4 Å². The molecule has 2 aromatic carbocycles. The molecule has 0 aliphatic carbocycles.